The number of fused-ring (bicyclic) bond motifs is 1. The summed E-state index contributed by atoms with van der Waals surface area (Å²) in [5.41, 5.74) is 2.37. The number of hydrogen-bond donors (Lipinski definition) is 0. The molecular formula is C23H30ClNO3Si. The van der Waals surface area contributed by atoms with Crippen molar-refractivity contribution < 1.29 is 14.3 Å². The van der Waals surface area contributed by atoms with E-state index in [9.17, 15) is 4.79 Å². The third-order valence-electron chi connectivity index (χ3n) is 5.12. The van der Waals surface area contributed by atoms with E-state index in [1.165, 1.54) is 0 Å². The molecule has 1 atom stereocenters. The van der Waals surface area contributed by atoms with Gasteiger partial charge in [0.2, 0.25) is 0 Å². The minimum atomic E-state index is -1.09. The molecule has 0 N–H and O–H groups in total. The Morgan fingerprint density at radius 1 is 1.07 bits per heavy atom. The second-order valence-corrected chi connectivity index (χ2v) is 14.8. The molecule has 0 saturated heterocycles. The number of benzene rings is 2. The fraction of sp³-hybridized carbons (Fsp3) is 0.435. The molecule has 6 heteroatoms. The van der Waals surface area contributed by atoms with Crippen LogP contribution in [0.5, 0.6) is 5.75 Å². The molecule has 1 aliphatic rings. The first-order valence-corrected chi connectivity index (χ1v) is 14.3. The van der Waals surface area contributed by atoms with E-state index >= 15 is 0 Å². The van der Waals surface area contributed by atoms with E-state index in [2.05, 4.69) is 19.6 Å². The number of alkyl halides is 1. The standard InChI is InChI=1S/C23H30ClNO3Si/c1-5-14-25-22(26)20-8-6-7-9-21(20)23(25,24)18-10-12-19(13-11-18)28-17-27-15-16-29(2,3)4/h6-13H,5,14-17H2,1-4H3. The molecule has 0 aliphatic carbocycles. The van der Waals surface area contributed by atoms with Crippen LogP contribution in [0, 0.1) is 0 Å². The van der Waals surface area contributed by atoms with Gasteiger partial charge in [0.1, 0.15) is 5.75 Å². The first-order chi connectivity index (χ1) is 13.8. The predicted octanol–water partition coefficient (Wildman–Crippen LogP) is 5.68. The molecule has 0 fully saturated rings. The minimum Gasteiger partial charge on any atom is -0.468 e. The summed E-state index contributed by atoms with van der Waals surface area (Å²) < 4.78 is 11.3. The SMILES string of the molecule is CCCN1C(=O)c2ccccc2C1(Cl)c1ccc(OCOCC[Si](C)(C)C)cc1. The van der Waals surface area contributed by atoms with Gasteiger partial charge in [0.15, 0.2) is 11.8 Å². The van der Waals surface area contributed by atoms with Crippen molar-refractivity contribution in [2.45, 2.75) is 44.0 Å². The normalized spacial score (nSPS) is 18.8. The molecule has 3 rings (SSSR count). The van der Waals surface area contributed by atoms with Gasteiger partial charge in [0.05, 0.1) is 0 Å². The molecule has 29 heavy (non-hydrogen) atoms. The van der Waals surface area contributed by atoms with Crippen LogP contribution in [0.15, 0.2) is 48.5 Å². The van der Waals surface area contributed by atoms with Gasteiger partial charge in [-0.05, 0) is 36.2 Å². The Morgan fingerprint density at radius 2 is 1.76 bits per heavy atom. The summed E-state index contributed by atoms with van der Waals surface area (Å²) in [5, 5.41) is 0. The largest absolute Gasteiger partial charge is 0.468 e. The molecule has 4 nitrogen and oxygen atoms in total. The van der Waals surface area contributed by atoms with Crippen LogP contribution in [0.25, 0.3) is 0 Å². The lowest BCUT2D eigenvalue weighted by atomic mass is 9.97. The van der Waals surface area contributed by atoms with Crippen molar-refractivity contribution in [3.8, 4) is 5.75 Å². The number of carbonyl (C=O) groups excluding carboxylic acids is 1. The zero-order valence-corrected chi connectivity index (χ0v) is 19.5. The van der Waals surface area contributed by atoms with Gasteiger partial charge in [-0.25, -0.2) is 0 Å². The van der Waals surface area contributed by atoms with E-state index in [0.29, 0.717) is 12.1 Å². The van der Waals surface area contributed by atoms with Gasteiger partial charge in [-0.3, -0.25) is 4.79 Å². The van der Waals surface area contributed by atoms with Crippen LogP contribution in [0.4, 0.5) is 0 Å². The van der Waals surface area contributed by atoms with Gasteiger partial charge >= 0.3 is 0 Å². The highest BCUT2D eigenvalue weighted by atomic mass is 35.5. The quantitative estimate of drug-likeness (QED) is 0.168. The minimum absolute atomic E-state index is 0.0198. The van der Waals surface area contributed by atoms with E-state index in [4.69, 9.17) is 21.1 Å². The molecule has 1 amide bonds. The first-order valence-electron chi connectivity index (χ1n) is 10.2. The number of halogens is 1. The Labute approximate surface area is 179 Å². The number of hydrogen-bond acceptors (Lipinski definition) is 3. The molecule has 0 radical (unpaired) electrons. The maximum absolute atomic E-state index is 12.9. The second-order valence-electron chi connectivity index (χ2n) is 8.63. The van der Waals surface area contributed by atoms with Crippen molar-refractivity contribution in [1.82, 2.24) is 4.90 Å². The third-order valence-corrected chi connectivity index (χ3v) is 7.45. The van der Waals surface area contributed by atoms with E-state index in [1.807, 2.05) is 55.5 Å². The van der Waals surface area contributed by atoms with Crippen molar-refractivity contribution in [2.75, 3.05) is 19.9 Å². The lowest BCUT2D eigenvalue weighted by Gasteiger charge is -2.34. The van der Waals surface area contributed by atoms with Gasteiger partial charge in [0.25, 0.3) is 5.91 Å². The monoisotopic (exact) mass is 431 g/mol. The van der Waals surface area contributed by atoms with Crippen LogP contribution < -0.4 is 4.74 Å². The van der Waals surface area contributed by atoms with Crippen molar-refractivity contribution in [2.24, 2.45) is 0 Å². The Balaban J connectivity index is 1.73. The summed E-state index contributed by atoms with van der Waals surface area (Å²) in [7, 11) is -1.09. The van der Waals surface area contributed by atoms with Crippen LogP contribution in [0.2, 0.25) is 25.7 Å². The second kappa shape index (κ2) is 8.90. The molecule has 0 aromatic heterocycles. The van der Waals surface area contributed by atoms with Gasteiger partial charge in [-0.1, -0.05) is 68.5 Å². The fourth-order valence-electron chi connectivity index (χ4n) is 3.50. The Hall–Kier alpha value is -1.82. The maximum atomic E-state index is 12.9. The fourth-order valence-corrected chi connectivity index (χ4v) is 4.71. The molecular weight excluding hydrogens is 402 g/mol. The molecule has 1 aliphatic heterocycles. The topological polar surface area (TPSA) is 38.8 Å². The van der Waals surface area contributed by atoms with Crippen LogP contribution in [0.3, 0.4) is 0 Å². The van der Waals surface area contributed by atoms with Gasteiger partial charge in [-0.15, -0.1) is 0 Å². The summed E-state index contributed by atoms with van der Waals surface area (Å²) in [6.45, 7) is 10.6. The molecule has 1 unspecified atom stereocenters. The Kier molecular flexibility index (Phi) is 6.71. The van der Waals surface area contributed by atoms with Gasteiger partial charge in [0, 0.05) is 32.4 Å². The third kappa shape index (κ3) is 4.68. The summed E-state index contributed by atoms with van der Waals surface area (Å²) >= 11 is 7.15. The number of amides is 1. The van der Waals surface area contributed by atoms with E-state index in [1.54, 1.807) is 4.90 Å². The van der Waals surface area contributed by atoms with Crippen LogP contribution >= 0.6 is 11.6 Å². The molecule has 2 aromatic carbocycles. The number of rotatable bonds is 9. The lowest BCUT2D eigenvalue weighted by Crippen LogP contribution is -2.40. The van der Waals surface area contributed by atoms with Crippen LogP contribution in [0.1, 0.15) is 34.8 Å². The summed E-state index contributed by atoms with van der Waals surface area (Å²) in [6.07, 6.45) is 0.837. The summed E-state index contributed by atoms with van der Waals surface area (Å²) in [4.78, 5) is 13.7. The van der Waals surface area contributed by atoms with E-state index in [0.717, 1.165) is 35.9 Å². The number of carbonyl (C=O) groups is 1. The molecule has 0 bridgehead atoms. The highest BCUT2D eigenvalue weighted by molar-refractivity contribution is 6.76. The lowest BCUT2D eigenvalue weighted by molar-refractivity contribution is 0.0220. The highest BCUT2D eigenvalue weighted by Crippen LogP contribution is 2.47. The summed E-state index contributed by atoms with van der Waals surface area (Å²) in [5.74, 6) is 0.704. The zero-order chi connectivity index (χ0) is 21.1. The van der Waals surface area contributed by atoms with Crippen LogP contribution in [-0.2, 0) is 9.73 Å². The first kappa shape index (κ1) is 21.9. The van der Waals surface area contributed by atoms with E-state index in [-0.39, 0.29) is 12.7 Å². The van der Waals surface area contributed by atoms with Crippen molar-refractivity contribution in [3.63, 3.8) is 0 Å². The average molecular weight is 432 g/mol. The zero-order valence-electron chi connectivity index (χ0n) is 17.7. The Bertz CT molecular complexity index is 850. The van der Waals surface area contributed by atoms with Crippen molar-refractivity contribution in [3.05, 3.63) is 65.2 Å². The number of nitrogens with zero attached hydrogens (tertiary/aromatic N) is 1. The molecule has 156 valence electrons. The van der Waals surface area contributed by atoms with Gasteiger partial charge in [-0.2, -0.15) is 0 Å². The van der Waals surface area contributed by atoms with E-state index < -0.39 is 13.1 Å². The molecule has 0 spiro atoms. The molecule has 0 saturated carbocycles. The van der Waals surface area contributed by atoms with Crippen molar-refractivity contribution in [1.29, 1.82) is 0 Å². The maximum Gasteiger partial charge on any atom is 0.256 e. The van der Waals surface area contributed by atoms with Crippen LogP contribution in [-0.4, -0.2) is 38.8 Å². The predicted molar refractivity (Wildman–Crippen MR) is 120 cm³/mol. The summed E-state index contributed by atoms with van der Waals surface area (Å²) in [6, 6.07) is 16.3. The van der Waals surface area contributed by atoms with Gasteiger partial charge < -0.3 is 14.4 Å². The molecule has 1 heterocycles. The highest BCUT2D eigenvalue weighted by Gasteiger charge is 2.49. The van der Waals surface area contributed by atoms with Crippen molar-refractivity contribution >= 4 is 25.6 Å². The average Bonchev–Trinajstić information content (AvgIpc) is 2.91. The number of ether oxygens (including phenoxy) is 2. The molecule has 2 aromatic rings. The smallest absolute Gasteiger partial charge is 0.256 e. The Morgan fingerprint density at radius 3 is 2.41 bits per heavy atom.